The van der Waals surface area contributed by atoms with Crippen molar-refractivity contribution in [2.45, 2.75) is 45.6 Å². The zero-order valence-electron chi connectivity index (χ0n) is 14.4. The molecule has 2 aromatic rings. The fraction of sp³-hybridized carbons (Fsp3) is 0.400. The second-order valence-electron chi connectivity index (χ2n) is 6.07. The van der Waals surface area contributed by atoms with E-state index >= 15 is 0 Å². The number of aldehydes is 1. The number of benzene rings is 2. The van der Waals surface area contributed by atoms with Gasteiger partial charge in [-0.3, -0.25) is 9.59 Å². The lowest BCUT2D eigenvalue weighted by Gasteiger charge is -2.15. The first-order valence-electron chi connectivity index (χ1n) is 8.54. The summed E-state index contributed by atoms with van der Waals surface area (Å²) < 4.78 is 5.58. The molecular formula is C20H25NO3. The predicted octanol–water partition coefficient (Wildman–Crippen LogP) is 4.12. The largest absolute Gasteiger partial charge is 0.483 e. The van der Waals surface area contributed by atoms with Crippen molar-refractivity contribution in [3.8, 4) is 5.75 Å². The van der Waals surface area contributed by atoms with E-state index < -0.39 is 0 Å². The van der Waals surface area contributed by atoms with Crippen LogP contribution < -0.4 is 10.1 Å². The van der Waals surface area contributed by atoms with Crippen LogP contribution in [0.25, 0.3) is 10.8 Å². The highest BCUT2D eigenvalue weighted by Gasteiger charge is 2.11. The van der Waals surface area contributed by atoms with Crippen molar-refractivity contribution < 1.29 is 14.3 Å². The lowest BCUT2D eigenvalue weighted by molar-refractivity contribution is -0.123. The van der Waals surface area contributed by atoms with Crippen LogP contribution in [0.2, 0.25) is 0 Å². The van der Waals surface area contributed by atoms with Crippen molar-refractivity contribution in [1.82, 2.24) is 5.32 Å². The molecule has 0 heterocycles. The maximum absolute atomic E-state index is 12.0. The first-order chi connectivity index (χ1) is 11.7. The van der Waals surface area contributed by atoms with Crippen LogP contribution in [0.4, 0.5) is 0 Å². The van der Waals surface area contributed by atoms with Crippen LogP contribution >= 0.6 is 0 Å². The molecular weight excluding hydrogens is 302 g/mol. The maximum Gasteiger partial charge on any atom is 0.258 e. The number of amides is 1. The van der Waals surface area contributed by atoms with Crippen LogP contribution in [0.3, 0.4) is 0 Å². The van der Waals surface area contributed by atoms with Gasteiger partial charge in [0.2, 0.25) is 0 Å². The van der Waals surface area contributed by atoms with Crippen molar-refractivity contribution in [2.24, 2.45) is 0 Å². The van der Waals surface area contributed by atoms with E-state index in [0.29, 0.717) is 11.3 Å². The molecule has 0 saturated carbocycles. The van der Waals surface area contributed by atoms with Gasteiger partial charge in [-0.1, -0.05) is 56.5 Å². The number of hydrogen-bond acceptors (Lipinski definition) is 3. The van der Waals surface area contributed by atoms with Crippen molar-refractivity contribution in [2.75, 3.05) is 6.61 Å². The average Bonchev–Trinajstić information content (AvgIpc) is 2.59. The molecule has 4 nitrogen and oxygen atoms in total. The van der Waals surface area contributed by atoms with Gasteiger partial charge in [-0.15, -0.1) is 0 Å². The van der Waals surface area contributed by atoms with Crippen LogP contribution in [0.15, 0.2) is 36.4 Å². The smallest absolute Gasteiger partial charge is 0.258 e. The second-order valence-corrected chi connectivity index (χ2v) is 6.07. The Hall–Kier alpha value is -2.36. The molecule has 0 aliphatic heterocycles. The first kappa shape index (κ1) is 18.0. The quantitative estimate of drug-likeness (QED) is 0.557. The van der Waals surface area contributed by atoms with Gasteiger partial charge in [0.25, 0.3) is 5.91 Å². The molecule has 128 valence electrons. The zero-order chi connectivity index (χ0) is 17.4. The van der Waals surface area contributed by atoms with Crippen LogP contribution in [0, 0.1) is 0 Å². The highest BCUT2D eigenvalue weighted by molar-refractivity contribution is 6.00. The molecule has 0 aliphatic rings. The van der Waals surface area contributed by atoms with E-state index in [2.05, 4.69) is 12.2 Å². The van der Waals surface area contributed by atoms with Gasteiger partial charge in [-0.2, -0.15) is 0 Å². The number of hydrogen-bond donors (Lipinski definition) is 1. The number of nitrogens with one attached hydrogen (secondary N) is 1. The third kappa shape index (κ3) is 4.82. The SMILES string of the molecule is CCCCC[C@@H](C)NC(=O)COc1ccc2ccccc2c1C=O. The van der Waals surface area contributed by atoms with Gasteiger partial charge in [0.05, 0.1) is 5.56 Å². The van der Waals surface area contributed by atoms with Gasteiger partial charge in [-0.25, -0.2) is 0 Å². The Morgan fingerprint density at radius 3 is 2.75 bits per heavy atom. The molecule has 2 aromatic carbocycles. The van der Waals surface area contributed by atoms with Crippen molar-refractivity contribution >= 4 is 23.0 Å². The predicted molar refractivity (Wildman–Crippen MR) is 96.6 cm³/mol. The van der Waals surface area contributed by atoms with Gasteiger partial charge in [0.15, 0.2) is 12.9 Å². The van der Waals surface area contributed by atoms with E-state index in [1.807, 2.05) is 37.3 Å². The van der Waals surface area contributed by atoms with Crippen molar-refractivity contribution in [3.05, 3.63) is 42.0 Å². The molecule has 24 heavy (non-hydrogen) atoms. The van der Waals surface area contributed by atoms with Crippen LogP contribution in [-0.2, 0) is 4.79 Å². The molecule has 1 atom stereocenters. The summed E-state index contributed by atoms with van der Waals surface area (Å²) in [7, 11) is 0. The monoisotopic (exact) mass is 327 g/mol. The summed E-state index contributed by atoms with van der Waals surface area (Å²) in [6.07, 6.45) is 5.20. The fourth-order valence-corrected chi connectivity index (χ4v) is 2.76. The molecule has 2 rings (SSSR count). The van der Waals surface area contributed by atoms with Crippen molar-refractivity contribution in [1.29, 1.82) is 0 Å². The zero-order valence-corrected chi connectivity index (χ0v) is 14.4. The van der Waals surface area contributed by atoms with E-state index in [-0.39, 0.29) is 18.6 Å². The van der Waals surface area contributed by atoms with Gasteiger partial charge in [-0.05, 0) is 30.2 Å². The minimum Gasteiger partial charge on any atom is -0.483 e. The average molecular weight is 327 g/mol. The Bertz CT molecular complexity index is 696. The Morgan fingerprint density at radius 1 is 1.21 bits per heavy atom. The highest BCUT2D eigenvalue weighted by atomic mass is 16.5. The fourth-order valence-electron chi connectivity index (χ4n) is 2.76. The van der Waals surface area contributed by atoms with Gasteiger partial charge >= 0.3 is 0 Å². The number of carbonyl (C=O) groups excluding carboxylic acids is 2. The summed E-state index contributed by atoms with van der Waals surface area (Å²) in [5.74, 6) is 0.279. The lowest BCUT2D eigenvalue weighted by atomic mass is 10.0. The standard InChI is InChI=1S/C20H25NO3/c1-3-4-5-8-15(2)21-20(23)14-24-19-12-11-16-9-6-7-10-17(16)18(19)13-22/h6-7,9-13,15H,3-5,8,14H2,1-2H3,(H,21,23)/t15-/m1/s1. The molecule has 0 aliphatic carbocycles. The van der Waals surface area contributed by atoms with Crippen molar-refractivity contribution in [3.63, 3.8) is 0 Å². The summed E-state index contributed by atoms with van der Waals surface area (Å²) in [6, 6.07) is 11.4. The summed E-state index contributed by atoms with van der Waals surface area (Å²) in [5.41, 5.74) is 0.483. The molecule has 0 radical (unpaired) electrons. The van der Waals surface area contributed by atoms with Crippen LogP contribution in [0.1, 0.15) is 49.9 Å². The third-order valence-electron chi connectivity index (χ3n) is 4.06. The molecule has 0 spiro atoms. The second kappa shape index (κ2) is 9.06. The maximum atomic E-state index is 12.0. The first-order valence-corrected chi connectivity index (χ1v) is 8.54. The van der Waals surface area contributed by atoms with Crippen LogP contribution in [-0.4, -0.2) is 24.8 Å². The third-order valence-corrected chi connectivity index (χ3v) is 4.06. The molecule has 0 fully saturated rings. The molecule has 0 bridgehead atoms. The molecule has 1 amide bonds. The topological polar surface area (TPSA) is 55.4 Å². The van der Waals surface area contributed by atoms with Gasteiger partial charge < -0.3 is 10.1 Å². The summed E-state index contributed by atoms with van der Waals surface area (Å²) in [6.45, 7) is 4.07. The number of carbonyl (C=O) groups is 2. The van der Waals surface area contributed by atoms with E-state index in [1.165, 1.54) is 12.8 Å². The molecule has 1 N–H and O–H groups in total. The van der Waals surface area contributed by atoms with Crippen LogP contribution in [0.5, 0.6) is 5.75 Å². The van der Waals surface area contributed by atoms with E-state index in [1.54, 1.807) is 6.07 Å². The minimum absolute atomic E-state index is 0.0860. The molecule has 0 saturated heterocycles. The normalized spacial score (nSPS) is 11.9. The van der Waals surface area contributed by atoms with Gasteiger partial charge in [0, 0.05) is 6.04 Å². The van der Waals surface area contributed by atoms with E-state index in [0.717, 1.165) is 29.9 Å². The lowest BCUT2D eigenvalue weighted by Crippen LogP contribution is -2.36. The van der Waals surface area contributed by atoms with E-state index in [4.69, 9.17) is 4.74 Å². The van der Waals surface area contributed by atoms with Gasteiger partial charge in [0.1, 0.15) is 5.75 Å². The minimum atomic E-state index is -0.163. The Morgan fingerprint density at radius 2 is 2.00 bits per heavy atom. The highest BCUT2D eigenvalue weighted by Crippen LogP contribution is 2.26. The molecule has 0 unspecified atom stereocenters. The molecule has 0 aromatic heterocycles. The number of unbranched alkanes of at least 4 members (excludes halogenated alkanes) is 2. The summed E-state index contributed by atoms with van der Waals surface area (Å²) >= 11 is 0. The Balaban J connectivity index is 1.95. The number of fused-ring (bicyclic) bond motifs is 1. The Kier molecular flexibility index (Phi) is 6.79. The Labute approximate surface area is 143 Å². The van der Waals surface area contributed by atoms with E-state index in [9.17, 15) is 9.59 Å². The summed E-state index contributed by atoms with van der Waals surface area (Å²) in [5, 5.41) is 4.74. The summed E-state index contributed by atoms with van der Waals surface area (Å²) in [4.78, 5) is 23.4. The number of ether oxygens (including phenoxy) is 1. The number of rotatable bonds is 9. The molecule has 4 heteroatoms.